The first-order chi connectivity index (χ1) is 21.4. The molecule has 4 atom stereocenters. The molecular formula is C37H30N2O5. The zero-order chi connectivity index (χ0) is 30.1. The predicted octanol–water partition coefficient (Wildman–Crippen LogP) is 5.60. The van der Waals surface area contributed by atoms with E-state index >= 15 is 0 Å². The molecule has 2 fully saturated rings. The van der Waals surface area contributed by atoms with Crippen LogP contribution in [0.4, 0.5) is 5.69 Å². The van der Waals surface area contributed by atoms with Crippen LogP contribution < -0.4 is 9.64 Å². The van der Waals surface area contributed by atoms with E-state index in [2.05, 4.69) is 24.3 Å². The van der Waals surface area contributed by atoms with Crippen LogP contribution in [0.2, 0.25) is 0 Å². The Morgan fingerprint density at radius 2 is 1.20 bits per heavy atom. The van der Waals surface area contributed by atoms with Gasteiger partial charge in [-0.2, -0.15) is 0 Å². The molecule has 3 amide bonds. The molecule has 2 heterocycles. The van der Waals surface area contributed by atoms with Crippen LogP contribution in [0.1, 0.15) is 59.0 Å². The van der Waals surface area contributed by atoms with Crippen molar-refractivity contribution >= 4 is 29.4 Å². The topological polar surface area (TPSA) is 84.0 Å². The van der Waals surface area contributed by atoms with Gasteiger partial charge in [-0.25, -0.2) is 4.90 Å². The lowest BCUT2D eigenvalue weighted by Gasteiger charge is -2.45. The Labute approximate surface area is 255 Å². The molecule has 0 spiro atoms. The first kappa shape index (κ1) is 26.6. The van der Waals surface area contributed by atoms with Crippen molar-refractivity contribution in [1.29, 1.82) is 0 Å². The van der Waals surface area contributed by atoms with Crippen LogP contribution in [0.25, 0.3) is 0 Å². The molecule has 7 heteroatoms. The Bertz CT molecular complexity index is 1720. The molecular weight excluding hydrogens is 552 g/mol. The minimum absolute atomic E-state index is 0.0792. The average Bonchev–Trinajstić information content (AvgIpc) is 3.58. The summed E-state index contributed by atoms with van der Waals surface area (Å²) in [6.45, 7) is 2.25. The summed E-state index contributed by atoms with van der Waals surface area (Å²) in [6.07, 6.45) is 0.0980. The Morgan fingerprint density at radius 1 is 0.705 bits per heavy atom. The minimum atomic E-state index is -0.572. The van der Waals surface area contributed by atoms with Gasteiger partial charge in [-0.3, -0.25) is 19.2 Å². The molecule has 0 N–H and O–H groups in total. The molecule has 2 aliphatic heterocycles. The van der Waals surface area contributed by atoms with Crippen molar-refractivity contribution in [3.8, 4) is 5.75 Å². The smallest absolute Gasteiger partial charge is 0.316 e. The third-order valence-electron chi connectivity index (χ3n) is 10.0. The van der Waals surface area contributed by atoms with Crippen LogP contribution in [0.5, 0.6) is 5.75 Å². The van der Waals surface area contributed by atoms with E-state index in [0.717, 1.165) is 27.8 Å². The Balaban J connectivity index is 1.00. The van der Waals surface area contributed by atoms with Gasteiger partial charge in [0.15, 0.2) is 0 Å². The van der Waals surface area contributed by atoms with Crippen molar-refractivity contribution in [2.75, 3.05) is 11.4 Å². The second-order valence-electron chi connectivity index (χ2n) is 12.2. The number of esters is 1. The van der Waals surface area contributed by atoms with Crippen LogP contribution in [-0.4, -0.2) is 35.1 Å². The SMILES string of the molecule is C[C@H](c1ccccc1)N1C[C@H](C(=O)Oc2ccc(N3C(=O)[C@@H]4C5c6ccccc6C(c6ccccc65)[C@H]4C3=O)cc2)CC1=O. The van der Waals surface area contributed by atoms with E-state index in [1.54, 1.807) is 29.2 Å². The number of hydrogen-bond donors (Lipinski definition) is 0. The van der Waals surface area contributed by atoms with E-state index < -0.39 is 23.7 Å². The molecule has 4 aromatic carbocycles. The second kappa shape index (κ2) is 10.0. The molecule has 0 aromatic heterocycles. The zero-order valence-electron chi connectivity index (χ0n) is 24.1. The molecule has 9 rings (SSSR count). The molecule has 7 nitrogen and oxygen atoms in total. The highest BCUT2D eigenvalue weighted by Crippen LogP contribution is 2.61. The fourth-order valence-corrected chi connectivity index (χ4v) is 7.97. The fourth-order valence-electron chi connectivity index (χ4n) is 7.97. The number of nitrogens with zero attached hydrogens (tertiary/aromatic N) is 2. The van der Waals surface area contributed by atoms with Crippen LogP contribution in [0.3, 0.4) is 0 Å². The summed E-state index contributed by atoms with van der Waals surface area (Å²) in [6, 6.07) is 32.4. The lowest BCUT2D eigenvalue weighted by atomic mass is 9.55. The fraction of sp³-hybridized carbons (Fsp3) is 0.243. The molecule has 3 aliphatic carbocycles. The third-order valence-corrected chi connectivity index (χ3v) is 10.0. The number of benzene rings is 4. The molecule has 0 saturated carbocycles. The average molecular weight is 583 g/mol. The summed E-state index contributed by atoms with van der Waals surface area (Å²) < 4.78 is 5.67. The predicted molar refractivity (Wildman–Crippen MR) is 163 cm³/mol. The number of hydrogen-bond acceptors (Lipinski definition) is 5. The molecule has 0 unspecified atom stereocenters. The minimum Gasteiger partial charge on any atom is -0.426 e. The maximum atomic E-state index is 14.0. The molecule has 4 aromatic rings. The summed E-state index contributed by atoms with van der Waals surface area (Å²) in [5, 5.41) is 0. The Morgan fingerprint density at radius 3 is 1.73 bits per heavy atom. The first-order valence-electron chi connectivity index (χ1n) is 15.1. The summed E-state index contributed by atoms with van der Waals surface area (Å²) in [5.74, 6) is -2.47. The molecule has 2 saturated heterocycles. The number of anilines is 1. The maximum Gasteiger partial charge on any atom is 0.316 e. The van der Waals surface area contributed by atoms with E-state index in [1.165, 1.54) is 4.90 Å². The molecule has 2 bridgehead atoms. The second-order valence-corrected chi connectivity index (χ2v) is 12.2. The summed E-state index contributed by atoms with van der Waals surface area (Å²) in [5.41, 5.74) is 5.99. The van der Waals surface area contributed by atoms with Gasteiger partial charge >= 0.3 is 5.97 Å². The van der Waals surface area contributed by atoms with Crippen molar-refractivity contribution in [1.82, 2.24) is 4.90 Å². The monoisotopic (exact) mass is 582 g/mol. The van der Waals surface area contributed by atoms with Gasteiger partial charge in [0.2, 0.25) is 17.7 Å². The van der Waals surface area contributed by atoms with E-state index in [9.17, 15) is 19.2 Å². The van der Waals surface area contributed by atoms with Gasteiger partial charge in [0, 0.05) is 24.8 Å². The van der Waals surface area contributed by atoms with E-state index in [4.69, 9.17) is 4.74 Å². The molecule has 44 heavy (non-hydrogen) atoms. The number of carbonyl (C=O) groups excluding carboxylic acids is 4. The van der Waals surface area contributed by atoms with Crippen LogP contribution >= 0.6 is 0 Å². The van der Waals surface area contributed by atoms with Gasteiger partial charge in [-0.15, -0.1) is 0 Å². The number of likely N-dealkylation sites (tertiary alicyclic amines) is 1. The van der Waals surface area contributed by atoms with Crippen molar-refractivity contribution in [3.63, 3.8) is 0 Å². The van der Waals surface area contributed by atoms with Crippen molar-refractivity contribution in [2.24, 2.45) is 17.8 Å². The van der Waals surface area contributed by atoms with E-state index in [0.29, 0.717) is 18.0 Å². The summed E-state index contributed by atoms with van der Waals surface area (Å²) in [4.78, 5) is 56.9. The largest absolute Gasteiger partial charge is 0.426 e. The molecule has 0 radical (unpaired) electrons. The van der Waals surface area contributed by atoms with E-state index in [-0.39, 0.29) is 42.0 Å². The lowest BCUT2D eigenvalue weighted by molar-refractivity contribution is -0.139. The van der Waals surface area contributed by atoms with Crippen molar-refractivity contribution < 1.29 is 23.9 Å². The van der Waals surface area contributed by atoms with Crippen molar-refractivity contribution in [3.05, 3.63) is 131 Å². The molecule has 218 valence electrons. The van der Waals surface area contributed by atoms with Gasteiger partial charge in [0.1, 0.15) is 5.75 Å². The zero-order valence-corrected chi connectivity index (χ0v) is 24.1. The van der Waals surface area contributed by atoms with Crippen LogP contribution in [0.15, 0.2) is 103 Å². The van der Waals surface area contributed by atoms with Gasteiger partial charge < -0.3 is 9.64 Å². The number of imide groups is 1. The normalized spacial score (nSPS) is 25.5. The standard InChI is InChI=1S/C37H30N2O5/c1-21(22-9-3-2-4-10-22)38-20-23(19-30(38)40)37(43)44-25-17-15-24(16-18-25)39-35(41)33-31-26-11-5-6-12-27(26)32(34(33)36(39)42)29-14-8-7-13-28(29)31/h2-18,21,23,31-34H,19-20H2,1H3/t21-,23-,31?,32?,33-,34-/m1/s1. The number of carbonyl (C=O) groups is 4. The van der Waals surface area contributed by atoms with Crippen LogP contribution in [0, 0.1) is 17.8 Å². The van der Waals surface area contributed by atoms with Gasteiger partial charge in [0.05, 0.1) is 29.5 Å². The third kappa shape index (κ3) is 3.88. The van der Waals surface area contributed by atoms with Gasteiger partial charge in [-0.1, -0.05) is 78.9 Å². The number of amides is 3. The Kier molecular flexibility index (Phi) is 6.05. The quantitative estimate of drug-likeness (QED) is 0.174. The van der Waals surface area contributed by atoms with Gasteiger partial charge in [0.25, 0.3) is 0 Å². The lowest BCUT2D eigenvalue weighted by Crippen LogP contribution is -2.41. The molecule has 5 aliphatic rings. The van der Waals surface area contributed by atoms with E-state index in [1.807, 2.05) is 61.5 Å². The van der Waals surface area contributed by atoms with Crippen molar-refractivity contribution in [2.45, 2.75) is 31.2 Å². The maximum absolute atomic E-state index is 14.0. The summed E-state index contributed by atoms with van der Waals surface area (Å²) >= 11 is 0. The number of rotatable bonds is 5. The first-order valence-corrected chi connectivity index (χ1v) is 15.1. The highest BCUT2D eigenvalue weighted by Gasteiger charge is 2.61. The number of ether oxygens (including phenoxy) is 1. The highest BCUT2D eigenvalue weighted by atomic mass is 16.5. The Hall–Kier alpha value is -5.04. The van der Waals surface area contributed by atoms with Gasteiger partial charge in [-0.05, 0) is 59.0 Å². The summed E-state index contributed by atoms with van der Waals surface area (Å²) in [7, 11) is 0. The van der Waals surface area contributed by atoms with Crippen LogP contribution in [-0.2, 0) is 19.2 Å². The highest BCUT2D eigenvalue weighted by molar-refractivity contribution is 6.23.